The number of imide groups is 1. The Morgan fingerprint density at radius 1 is 0.947 bits per heavy atom. The van der Waals surface area contributed by atoms with Crippen molar-refractivity contribution in [3.05, 3.63) is 64.2 Å². The van der Waals surface area contributed by atoms with Crippen molar-refractivity contribution in [3.8, 4) is 5.75 Å². The molecule has 3 amide bonds. The predicted octanol–water partition coefficient (Wildman–Crippen LogP) is 6.42. The highest BCUT2D eigenvalue weighted by Crippen LogP contribution is 2.38. The van der Waals surface area contributed by atoms with E-state index in [-0.39, 0.29) is 23.4 Å². The first-order valence-electron chi connectivity index (χ1n) is 13.1. The second-order valence-electron chi connectivity index (χ2n) is 12.7. The maximum absolute atomic E-state index is 13.1. The summed E-state index contributed by atoms with van der Waals surface area (Å²) in [6, 6.07) is 10.3. The van der Waals surface area contributed by atoms with Gasteiger partial charge in [-0.15, -0.1) is 0 Å². The number of hydrogen-bond acceptors (Lipinski definition) is 5. The van der Waals surface area contributed by atoms with Crippen LogP contribution in [0.3, 0.4) is 0 Å². The minimum Gasteiger partial charge on any atom is -0.543 e. The van der Waals surface area contributed by atoms with E-state index >= 15 is 0 Å². The Hall–Kier alpha value is -3.13. The van der Waals surface area contributed by atoms with Crippen LogP contribution in [0, 0.1) is 13.8 Å². The summed E-state index contributed by atoms with van der Waals surface area (Å²) in [6.45, 7) is 20.5. The van der Waals surface area contributed by atoms with Gasteiger partial charge in [0.2, 0.25) is 8.32 Å². The zero-order chi connectivity index (χ0) is 28.6. The van der Waals surface area contributed by atoms with E-state index < -0.39 is 26.1 Å². The van der Waals surface area contributed by atoms with Gasteiger partial charge in [0.15, 0.2) is 0 Å². The van der Waals surface area contributed by atoms with Gasteiger partial charge < -0.3 is 14.5 Å². The molecule has 0 fully saturated rings. The van der Waals surface area contributed by atoms with Crippen molar-refractivity contribution in [2.75, 3.05) is 6.54 Å². The van der Waals surface area contributed by atoms with E-state index in [9.17, 15) is 14.4 Å². The molecule has 1 atom stereocenters. The molecule has 38 heavy (non-hydrogen) atoms. The monoisotopic (exact) mass is 538 g/mol. The van der Waals surface area contributed by atoms with Gasteiger partial charge in [-0.1, -0.05) is 32.9 Å². The van der Waals surface area contributed by atoms with Gasteiger partial charge in [0.05, 0.1) is 23.7 Å². The number of nitrogens with zero attached hydrogens (tertiary/aromatic N) is 1. The molecule has 2 aromatic rings. The zero-order valence-electron chi connectivity index (χ0n) is 24.4. The molecule has 3 rings (SSSR count). The number of carbonyl (C=O) groups excluding carboxylic acids is 3. The molecule has 0 aliphatic carbocycles. The number of hydrogen-bond donors (Lipinski definition) is 1. The Morgan fingerprint density at radius 2 is 1.45 bits per heavy atom. The van der Waals surface area contributed by atoms with Gasteiger partial charge in [0.25, 0.3) is 11.8 Å². The van der Waals surface area contributed by atoms with Crippen LogP contribution in [-0.4, -0.2) is 49.3 Å². The van der Waals surface area contributed by atoms with E-state index in [1.165, 1.54) is 4.90 Å². The van der Waals surface area contributed by atoms with Crippen LogP contribution in [0.15, 0.2) is 36.4 Å². The highest BCUT2D eigenvalue weighted by molar-refractivity contribution is 6.74. The molecule has 1 aliphatic heterocycles. The summed E-state index contributed by atoms with van der Waals surface area (Å²) in [5, 5.41) is 2.98. The van der Waals surface area contributed by atoms with Crippen molar-refractivity contribution < 1.29 is 23.5 Å². The fraction of sp³-hybridized carbons (Fsp3) is 0.500. The molecule has 7 nitrogen and oxygen atoms in total. The van der Waals surface area contributed by atoms with Gasteiger partial charge in [-0.2, -0.15) is 0 Å². The molecule has 0 saturated carbocycles. The second-order valence-corrected chi connectivity index (χ2v) is 17.4. The lowest BCUT2D eigenvalue weighted by molar-refractivity contribution is 0.0468. The van der Waals surface area contributed by atoms with Crippen LogP contribution in [0.2, 0.25) is 18.1 Å². The van der Waals surface area contributed by atoms with Gasteiger partial charge in [0.1, 0.15) is 11.4 Å². The molecule has 8 heteroatoms. The Labute approximate surface area is 228 Å². The third-order valence-electron chi connectivity index (χ3n) is 7.30. The van der Waals surface area contributed by atoms with Crippen LogP contribution in [0.1, 0.15) is 78.9 Å². The van der Waals surface area contributed by atoms with Crippen LogP contribution in [0.5, 0.6) is 5.75 Å². The third kappa shape index (κ3) is 6.65. The number of alkyl carbamates (subject to hydrolysis) is 1. The summed E-state index contributed by atoms with van der Waals surface area (Å²) in [4.78, 5) is 40.1. The summed E-state index contributed by atoms with van der Waals surface area (Å²) >= 11 is 0. The first kappa shape index (κ1) is 29.4. The second kappa shape index (κ2) is 10.6. The molecule has 2 aromatic carbocycles. The summed E-state index contributed by atoms with van der Waals surface area (Å²) in [5.41, 5.74) is 3.17. The van der Waals surface area contributed by atoms with E-state index in [1.54, 1.807) is 45.0 Å². The quantitative estimate of drug-likeness (QED) is 0.325. The first-order valence-corrected chi connectivity index (χ1v) is 16.0. The van der Waals surface area contributed by atoms with Crippen molar-refractivity contribution >= 4 is 26.2 Å². The standard InChI is InChI=1S/C30H42N2O5Si/c1-19-15-22(37-38(9,10)30(6,7)8)16-20(2)25(19)17-21(31-28(35)36-29(3,4)5)18-32-26(33)23-13-11-12-14-24(23)27(32)34/h11-16,21H,17-18H2,1-10H3,(H,31,35)/t21-/m0/s1. The number of rotatable bonds is 7. The minimum absolute atomic E-state index is 0.0344. The molecule has 1 heterocycles. The van der Waals surface area contributed by atoms with Crippen LogP contribution >= 0.6 is 0 Å². The summed E-state index contributed by atoms with van der Waals surface area (Å²) in [6.07, 6.45) is -0.169. The van der Waals surface area contributed by atoms with Crippen molar-refractivity contribution in [1.29, 1.82) is 0 Å². The lowest BCUT2D eigenvalue weighted by Crippen LogP contribution is -2.48. The molecule has 0 bridgehead atoms. The van der Waals surface area contributed by atoms with Crippen molar-refractivity contribution in [2.45, 2.75) is 91.6 Å². The molecule has 0 spiro atoms. The average molecular weight is 539 g/mol. The molecule has 0 aromatic heterocycles. The van der Waals surface area contributed by atoms with Gasteiger partial charge in [-0.25, -0.2) is 4.79 Å². The molecule has 0 radical (unpaired) electrons. The number of fused-ring (bicyclic) bond motifs is 1. The highest BCUT2D eigenvalue weighted by Gasteiger charge is 2.39. The molecule has 0 saturated heterocycles. The van der Waals surface area contributed by atoms with Gasteiger partial charge >= 0.3 is 6.09 Å². The molecule has 206 valence electrons. The number of benzene rings is 2. The van der Waals surface area contributed by atoms with Gasteiger partial charge in [-0.3, -0.25) is 14.5 Å². The Morgan fingerprint density at radius 3 is 1.89 bits per heavy atom. The molecule has 1 N–H and O–H groups in total. The number of aryl methyl sites for hydroxylation is 2. The largest absolute Gasteiger partial charge is 0.543 e. The van der Waals surface area contributed by atoms with E-state index in [4.69, 9.17) is 9.16 Å². The smallest absolute Gasteiger partial charge is 0.407 e. The molecular formula is C30H42N2O5Si. The maximum atomic E-state index is 13.1. The maximum Gasteiger partial charge on any atom is 0.407 e. The predicted molar refractivity (Wildman–Crippen MR) is 152 cm³/mol. The Bertz CT molecular complexity index is 1180. The van der Waals surface area contributed by atoms with Gasteiger partial charge in [-0.05, 0) is 100 Å². The topological polar surface area (TPSA) is 84.9 Å². The number of nitrogens with one attached hydrogen (secondary N) is 1. The van der Waals surface area contributed by atoms with Crippen molar-refractivity contribution in [2.24, 2.45) is 0 Å². The average Bonchev–Trinajstić information content (AvgIpc) is 2.99. The van der Waals surface area contributed by atoms with Gasteiger partial charge in [0, 0.05) is 0 Å². The molecule has 1 aliphatic rings. The van der Waals surface area contributed by atoms with Crippen LogP contribution in [0.4, 0.5) is 4.79 Å². The Kier molecular flexibility index (Phi) is 8.17. The lowest BCUT2D eigenvalue weighted by Gasteiger charge is -2.36. The van der Waals surface area contributed by atoms with Crippen LogP contribution < -0.4 is 9.74 Å². The number of ether oxygens (including phenoxy) is 1. The first-order chi connectivity index (χ1) is 17.4. The van der Waals surface area contributed by atoms with Crippen LogP contribution in [-0.2, 0) is 11.2 Å². The fourth-order valence-electron chi connectivity index (χ4n) is 4.29. The zero-order valence-corrected chi connectivity index (χ0v) is 25.4. The summed E-state index contributed by atoms with van der Waals surface area (Å²) in [7, 11) is -2.01. The summed E-state index contributed by atoms with van der Waals surface area (Å²) < 4.78 is 12.0. The van der Waals surface area contributed by atoms with E-state index in [0.717, 1.165) is 22.4 Å². The number of amides is 3. The fourth-order valence-corrected chi connectivity index (χ4v) is 5.30. The normalized spacial score (nSPS) is 14.8. The van der Waals surface area contributed by atoms with E-state index in [1.807, 2.05) is 26.0 Å². The SMILES string of the molecule is Cc1cc(O[Si](C)(C)C(C)(C)C)cc(C)c1C[C@@H](CN1C(=O)c2ccccc2C1=O)NC(=O)OC(C)(C)C. The molecular weight excluding hydrogens is 496 g/mol. The lowest BCUT2D eigenvalue weighted by atomic mass is 9.95. The van der Waals surface area contributed by atoms with Crippen LogP contribution in [0.25, 0.3) is 0 Å². The van der Waals surface area contributed by atoms with Crippen molar-refractivity contribution in [1.82, 2.24) is 10.2 Å². The highest BCUT2D eigenvalue weighted by atomic mass is 28.4. The third-order valence-corrected chi connectivity index (χ3v) is 11.7. The molecule has 0 unspecified atom stereocenters. The van der Waals surface area contributed by atoms with Crippen molar-refractivity contribution in [3.63, 3.8) is 0 Å². The van der Waals surface area contributed by atoms with E-state index in [0.29, 0.717) is 17.5 Å². The minimum atomic E-state index is -2.01. The summed E-state index contributed by atoms with van der Waals surface area (Å²) in [5.74, 6) is 0.133. The Balaban J connectivity index is 1.89. The van der Waals surface area contributed by atoms with E-state index in [2.05, 4.69) is 39.2 Å². The number of carbonyl (C=O) groups is 3.